The Hall–Kier alpha value is -2.40. The second-order valence-corrected chi connectivity index (χ2v) is 6.74. The van der Waals surface area contributed by atoms with Crippen molar-refractivity contribution in [2.24, 2.45) is 0 Å². The van der Waals surface area contributed by atoms with Gasteiger partial charge in [0.25, 0.3) is 0 Å². The number of rotatable bonds is 5. The zero-order valence-corrected chi connectivity index (χ0v) is 15.3. The second-order valence-electron chi connectivity index (χ2n) is 6.74. The molecule has 3 rings (SSSR count). The molecule has 2 aromatic carbocycles. The van der Waals surface area contributed by atoms with Crippen molar-refractivity contribution in [2.45, 2.75) is 18.9 Å². The quantitative estimate of drug-likeness (QED) is 0.824. The van der Waals surface area contributed by atoms with Gasteiger partial charge in [-0.2, -0.15) is 0 Å². The normalized spacial score (nSPS) is 18.0. The Balaban J connectivity index is 1.63. The highest BCUT2D eigenvalue weighted by Gasteiger charge is 2.28. The third-order valence-electron chi connectivity index (χ3n) is 5.02. The van der Waals surface area contributed by atoms with E-state index in [9.17, 15) is 9.18 Å². The smallest absolute Gasteiger partial charge is 0.223 e. The average molecular weight is 356 g/mol. The molecule has 0 bridgehead atoms. The molecule has 1 heterocycles. The Morgan fingerprint density at radius 3 is 2.69 bits per heavy atom. The summed E-state index contributed by atoms with van der Waals surface area (Å²) in [5.41, 5.74) is 2.14. The molecular formula is C21H25FN2O2. The lowest BCUT2D eigenvalue weighted by atomic mass is 10.0. The number of hydrogen-bond donors (Lipinski definition) is 0. The molecule has 1 unspecified atom stereocenters. The van der Waals surface area contributed by atoms with E-state index in [0.29, 0.717) is 19.4 Å². The van der Waals surface area contributed by atoms with Gasteiger partial charge in [-0.15, -0.1) is 0 Å². The van der Waals surface area contributed by atoms with E-state index in [4.69, 9.17) is 4.74 Å². The van der Waals surface area contributed by atoms with Crippen LogP contribution in [0.15, 0.2) is 48.5 Å². The molecule has 26 heavy (non-hydrogen) atoms. The Morgan fingerprint density at radius 1 is 1.19 bits per heavy atom. The number of nitrogens with zero attached hydrogens (tertiary/aromatic N) is 2. The molecule has 1 amide bonds. The lowest BCUT2D eigenvalue weighted by Gasteiger charge is -2.40. The largest absolute Gasteiger partial charge is 0.497 e. The van der Waals surface area contributed by atoms with Gasteiger partial charge < -0.3 is 9.64 Å². The number of likely N-dealkylation sites (N-methyl/N-ethyl adjacent to an activating group) is 1. The lowest BCUT2D eigenvalue weighted by Crippen LogP contribution is -2.49. The van der Waals surface area contributed by atoms with Crippen LogP contribution in [0.25, 0.3) is 0 Å². The first-order valence-corrected chi connectivity index (χ1v) is 8.93. The number of hydrogen-bond acceptors (Lipinski definition) is 3. The van der Waals surface area contributed by atoms with Crippen molar-refractivity contribution >= 4 is 5.91 Å². The molecule has 1 atom stereocenters. The number of piperazine rings is 1. The Kier molecular flexibility index (Phi) is 5.89. The van der Waals surface area contributed by atoms with Gasteiger partial charge in [0.2, 0.25) is 5.91 Å². The fourth-order valence-electron chi connectivity index (χ4n) is 3.37. The van der Waals surface area contributed by atoms with E-state index >= 15 is 0 Å². The number of carbonyl (C=O) groups excluding carboxylic acids is 1. The Morgan fingerprint density at radius 2 is 1.96 bits per heavy atom. The summed E-state index contributed by atoms with van der Waals surface area (Å²) in [4.78, 5) is 16.9. The van der Waals surface area contributed by atoms with Crippen LogP contribution < -0.4 is 4.74 Å². The number of methoxy groups -OCH3 is 1. The molecule has 0 saturated carbocycles. The predicted octanol–water partition coefficient (Wildman–Crippen LogP) is 3.28. The van der Waals surface area contributed by atoms with Gasteiger partial charge in [-0.1, -0.05) is 24.3 Å². The average Bonchev–Trinajstić information content (AvgIpc) is 2.67. The van der Waals surface area contributed by atoms with E-state index in [0.717, 1.165) is 30.0 Å². The van der Waals surface area contributed by atoms with Crippen LogP contribution in [-0.2, 0) is 11.2 Å². The van der Waals surface area contributed by atoms with E-state index in [2.05, 4.69) is 18.0 Å². The van der Waals surface area contributed by atoms with E-state index < -0.39 is 0 Å². The van der Waals surface area contributed by atoms with Crippen molar-refractivity contribution in [2.75, 3.05) is 33.8 Å². The third-order valence-corrected chi connectivity index (χ3v) is 5.02. The summed E-state index contributed by atoms with van der Waals surface area (Å²) in [7, 11) is 3.75. The highest BCUT2D eigenvalue weighted by Crippen LogP contribution is 2.27. The monoisotopic (exact) mass is 356 g/mol. The first-order chi connectivity index (χ1) is 12.6. The lowest BCUT2D eigenvalue weighted by molar-refractivity contribution is -0.134. The van der Waals surface area contributed by atoms with Crippen molar-refractivity contribution < 1.29 is 13.9 Å². The maximum atomic E-state index is 13.0. The summed E-state index contributed by atoms with van der Waals surface area (Å²) < 4.78 is 18.3. The van der Waals surface area contributed by atoms with Gasteiger partial charge in [-0.05, 0) is 48.9 Å². The molecule has 0 aliphatic carbocycles. The first-order valence-electron chi connectivity index (χ1n) is 8.93. The molecule has 2 aromatic rings. The Labute approximate surface area is 154 Å². The van der Waals surface area contributed by atoms with Crippen LogP contribution in [0, 0.1) is 5.82 Å². The van der Waals surface area contributed by atoms with Gasteiger partial charge in [-0.3, -0.25) is 9.69 Å². The molecule has 138 valence electrons. The maximum Gasteiger partial charge on any atom is 0.223 e. The van der Waals surface area contributed by atoms with Crippen LogP contribution >= 0.6 is 0 Å². The van der Waals surface area contributed by atoms with Crippen LogP contribution in [0.5, 0.6) is 5.75 Å². The minimum Gasteiger partial charge on any atom is -0.497 e. The molecule has 0 aromatic heterocycles. The number of benzene rings is 2. The van der Waals surface area contributed by atoms with E-state index in [1.54, 1.807) is 19.2 Å². The second kappa shape index (κ2) is 8.32. The van der Waals surface area contributed by atoms with Gasteiger partial charge in [0.1, 0.15) is 11.6 Å². The van der Waals surface area contributed by atoms with Crippen molar-refractivity contribution in [3.63, 3.8) is 0 Å². The molecule has 1 saturated heterocycles. The number of carbonyl (C=O) groups is 1. The van der Waals surface area contributed by atoms with Crippen molar-refractivity contribution in [1.29, 1.82) is 0 Å². The van der Waals surface area contributed by atoms with Gasteiger partial charge in [0.05, 0.1) is 13.2 Å². The summed E-state index contributed by atoms with van der Waals surface area (Å²) in [5, 5.41) is 0. The van der Waals surface area contributed by atoms with Gasteiger partial charge >= 0.3 is 0 Å². The standard InChI is InChI=1S/C21H25FN2O2/c1-23-12-13-24(15-20(23)17-4-3-5-19(14-17)26-2)21(25)11-8-16-6-9-18(22)10-7-16/h3-7,9-10,14,20H,8,11-13,15H2,1-2H3. The van der Waals surface area contributed by atoms with Crippen LogP contribution in [0.3, 0.4) is 0 Å². The summed E-state index contributed by atoms with van der Waals surface area (Å²) in [6.07, 6.45) is 1.08. The highest BCUT2D eigenvalue weighted by molar-refractivity contribution is 5.76. The number of halogens is 1. The zero-order valence-electron chi connectivity index (χ0n) is 15.3. The van der Waals surface area contributed by atoms with Crippen molar-refractivity contribution in [3.8, 4) is 5.75 Å². The number of amides is 1. The molecule has 1 aliphatic heterocycles. The summed E-state index contributed by atoms with van der Waals surface area (Å²) in [6, 6.07) is 14.5. The minimum absolute atomic E-state index is 0.148. The molecule has 0 radical (unpaired) electrons. The van der Waals surface area contributed by atoms with Crippen LogP contribution in [0.4, 0.5) is 4.39 Å². The fourth-order valence-corrected chi connectivity index (χ4v) is 3.37. The highest BCUT2D eigenvalue weighted by atomic mass is 19.1. The van der Waals surface area contributed by atoms with Gasteiger partial charge in [-0.25, -0.2) is 4.39 Å². The molecule has 1 aliphatic rings. The fraction of sp³-hybridized carbons (Fsp3) is 0.381. The molecule has 1 fully saturated rings. The molecule has 5 heteroatoms. The van der Waals surface area contributed by atoms with Gasteiger partial charge in [0, 0.05) is 26.1 Å². The van der Waals surface area contributed by atoms with Crippen LogP contribution in [-0.4, -0.2) is 49.5 Å². The molecule has 4 nitrogen and oxygen atoms in total. The summed E-state index contributed by atoms with van der Waals surface area (Å²) in [5.74, 6) is 0.728. The van der Waals surface area contributed by atoms with Crippen molar-refractivity contribution in [3.05, 3.63) is 65.5 Å². The predicted molar refractivity (Wildman–Crippen MR) is 99.7 cm³/mol. The van der Waals surface area contributed by atoms with Crippen LogP contribution in [0.1, 0.15) is 23.6 Å². The number of aryl methyl sites for hydroxylation is 1. The van der Waals surface area contributed by atoms with Gasteiger partial charge in [0.15, 0.2) is 0 Å². The Bertz CT molecular complexity index is 748. The van der Waals surface area contributed by atoms with E-state index in [1.807, 2.05) is 23.1 Å². The minimum atomic E-state index is -0.250. The summed E-state index contributed by atoms with van der Waals surface area (Å²) >= 11 is 0. The third kappa shape index (κ3) is 4.41. The van der Waals surface area contributed by atoms with Crippen LogP contribution in [0.2, 0.25) is 0 Å². The van der Waals surface area contributed by atoms with Crippen molar-refractivity contribution in [1.82, 2.24) is 9.80 Å². The maximum absolute atomic E-state index is 13.0. The molecule has 0 spiro atoms. The van der Waals surface area contributed by atoms with E-state index in [1.165, 1.54) is 12.1 Å². The topological polar surface area (TPSA) is 32.8 Å². The SMILES string of the molecule is COc1cccc(C2CN(C(=O)CCc3ccc(F)cc3)CCN2C)c1. The summed E-state index contributed by atoms with van der Waals surface area (Å²) in [6.45, 7) is 2.25. The zero-order chi connectivity index (χ0) is 18.5. The van der Waals surface area contributed by atoms with E-state index in [-0.39, 0.29) is 17.8 Å². The first kappa shape index (κ1) is 18.4. The number of ether oxygens (including phenoxy) is 1. The molecular weight excluding hydrogens is 331 g/mol. The molecule has 0 N–H and O–H groups in total.